The van der Waals surface area contributed by atoms with Crippen molar-refractivity contribution in [1.29, 1.82) is 0 Å². The van der Waals surface area contributed by atoms with Crippen molar-refractivity contribution >= 4 is 24.0 Å². The van der Waals surface area contributed by atoms with E-state index in [-0.39, 0.29) is 12.4 Å². The standard InChI is InChI=1S/C9H12ClN3O.ClH/c10-9-2-1-7(12-13-9)6-14-8-3-4-11-5-8;/h1-2,8,11H,3-6H2;1H. The molecule has 4 nitrogen and oxygen atoms in total. The zero-order valence-corrected chi connectivity index (χ0v) is 9.72. The van der Waals surface area contributed by atoms with E-state index < -0.39 is 0 Å². The van der Waals surface area contributed by atoms with Crippen LogP contribution < -0.4 is 5.32 Å². The highest BCUT2D eigenvalue weighted by molar-refractivity contribution is 6.29. The first-order valence-corrected chi connectivity index (χ1v) is 5.03. The van der Waals surface area contributed by atoms with Gasteiger partial charge >= 0.3 is 0 Å². The molecule has 1 unspecified atom stereocenters. The second-order valence-electron chi connectivity index (χ2n) is 3.27. The van der Waals surface area contributed by atoms with E-state index in [1.807, 2.05) is 6.07 Å². The number of aromatic nitrogens is 2. The van der Waals surface area contributed by atoms with Gasteiger partial charge in [0.2, 0.25) is 0 Å². The van der Waals surface area contributed by atoms with Crippen LogP contribution in [0.3, 0.4) is 0 Å². The Morgan fingerprint density at radius 2 is 2.33 bits per heavy atom. The molecule has 0 radical (unpaired) electrons. The van der Waals surface area contributed by atoms with Gasteiger partial charge in [0.25, 0.3) is 0 Å². The molecule has 1 aliphatic heterocycles. The molecule has 1 aromatic rings. The van der Waals surface area contributed by atoms with Crippen LogP contribution in [0.5, 0.6) is 0 Å². The maximum atomic E-state index is 5.62. The molecule has 15 heavy (non-hydrogen) atoms. The number of ether oxygens (including phenoxy) is 1. The van der Waals surface area contributed by atoms with Crippen molar-refractivity contribution in [2.45, 2.75) is 19.1 Å². The minimum absolute atomic E-state index is 0. The van der Waals surface area contributed by atoms with Gasteiger partial charge in [-0.05, 0) is 25.1 Å². The Bertz CT molecular complexity index is 288. The molecule has 0 spiro atoms. The summed E-state index contributed by atoms with van der Waals surface area (Å²) >= 11 is 5.61. The fourth-order valence-electron chi connectivity index (χ4n) is 1.39. The summed E-state index contributed by atoms with van der Waals surface area (Å²) in [6.07, 6.45) is 1.38. The van der Waals surface area contributed by atoms with Crippen LogP contribution in [0.4, 0.5) is 0 Å². The van der Waals surface area contributed by atoms with Gasteiger partial charge in [0.05, 0.1) is 18.4 Å². The van der Waals surface area contributed by atoms with Gasteiger partial charge in [-0.3, -0.25) is 0 Å². The highest BCUT2D eigenvalue weighted by Crippen LogP contribution is 2.07. The quantitative estimate of drug-likeness (QED) is 0.881. The van der Waals surface area contributed by atoms with E-state index >= 15 is 0 Å². The number of rotatable bonds is 3. The zero-order valence-electron chi connectivity index (χ0n) is 8.15. The summed E-state index contributed by atoms with van der Waals surface area (Å²) in [6.45, 7) is 2.48. The van der Waals surface area contributed by atoms with Crippen molar-refractivity contribution < 1.29 is 4.74 Å². The fraction of sp³-hybridized carbons (Fsp3) is 0.556. The maximum absolute atomic E-state index is 5.62. The second kappa shape index (κ2) is 6.23. The van der Waals surface area contributed by atoms with E-state index in [2.05, 4.69) is 15.5 Å². The molecule has 0 amide bonds. The summed E-state index contributed by atoms with van der Waals surface area (Å²) < 4.78 is 5.62. The third-order valence-electron chi connectivity index (χ3n) is 2.17. The molecule has 0 aliphatic carbocycles. The Balaban J connectivity index is 0.00000112. The molecule has 2 rings (SSSR count). The Hall–Kier alpha value is -0.420. The first kappa shape index (κ1) is 12.6. The Labute approximate surface area is 99.8 Å². The highest BCUT2D eigenvalue weighted by Gasteiger charge is 2.14. The molecule has 1 aliphatic rings. The van der Waals surface area contributed by atoms with Crippen molar-refractivity contribution in [2.75, 3.05) is 13.1 Å². The number of nitrogens with zero attached hydrogens (tertiary/aromatic N) is 2. The van der Waals surface area contributed by atoms with Gasteiger partial charge in [-0.2, -0.15) is 5.10 Å². The van der Waals surface area contributed by atoms with Gasteiger partial charge in [-0.1, -0.05) is 11.6 Å². The highest BCUT2D eigenvalue weighted by atomic mass is 35.5. The average Bonchev–Trinajstić information content (AvgIpc) is 2.70. The van der Waals surface area contributed by atoms with Crippen LogP contribution in [-0.4, -0.2) is 29.4 Å². The van der Waals surface area contributed by atoms with E-state index in [1.165, 1.54) is 0 Å². The first-order valence-electron chi connectivity index (χ1n) is 4.65. The molecule has 0 saturated carbocycles. The SMILES string of the molecule is Cl.Clc1ccc(COC2CCNC2)nn1. The summed E-state index contributed by atoms with van der Waals surface area (Å²) in [5.74, 6) is 0. The number of hydrogen-bond acceptors (Lipinski definition) is 4. The molecule has 1 N–H and O–H groups in total. The minimum atomic E-state index is 0. The zero-order chi connectivity index (χ0) is 9.80. The van der Waals surface area contributed by atoms with Crippen molar-refractivity contribution in [1.82, 2.24) is 15.5 Å². The van der Waals surface area contributed by atoms with Gasteiger partial charge < -0.3 is 10.1 Å². The predicted molar refractivity (Wildman–Crippen MR) is 60.4 cm³/mol. The monoisotopic (exact) mass is 249 g/mol. The largest absolute Gasteiger partial charge is 0.370 e. The second-order valence-corrected chi connectivity index (χ2v) is 3.66. The molecule has 2 heterocycles. The smallest absolute Gasteiger partial charge is 0.151 e. The topological polar surface area (TPSA) is 47.0 Å². The normalized spacial score (nSPS) is 19.9. The lowest BCUT2D eigenvalue weighted by Gasteiger charge is -2.08. The van der Waals surface area contributed by atoms with Crippen molar-refractivity contribution in [3.63, 3.8) is 0 Å². The molecule has 1 aromatic heterocycles. The molecule has 1 saturated heterocycles. The lowest BCUT2D eigenvalue weighted by Crippen LogP contribution is -2.16. The number of halogens is 2. The summed E-state index contributed by atoms with van der Waals surface area (Å²) in [6, 6.07) is 3.55. The van der Waals surface area contributed by atoms with Crippen LogP contribution in [0.15, 0.2) is 12.1 Å². The van der Waals surface area contributed by atoms with E-state index in [0.29, 0.717) is 17.9 Å². The lowest BCUT2D eigenvalue weighted by atomic mass is 10.3. The molecule has 1 fully saturated rings. The number of nitrogens with one attached hydrogen (secondary N) is 1. The Morgan fingerprint density at radius 3 is 2.93 bits per heavy atom. The van der Waals surface area contributed by atoms with E-state index in [9.17, 15) is 0 Å². The third kappa shape index (κ3) is 3.91. The van der Waals surface area contributed by atoms with Gasteiger partial charge in [0.1, 0.15) is 0 Å². The van der Waals surface area contributed by atoms with E-state index in [1.54, 1.807) is 6.07 Å². The molecular formula is C9H13Cl2N3O. The van der Waals surface area contributed by atoms with Crippen LogP contribution >= 0.6 is 24.0 Å². The van der Waals surface area contributed by atoms with Gasteiger partial charge in [-0.25, -0.2) is 0 Å². The molecule has 0 bridgehead atoms. The van der Waals surface area contributed by atoms with Gasteiger partial charge in [-0.15, -0.1) is 17.5 Å². The lowest BCUT2D eigenvalue weighted by molar-refractivity contribution is 0.0518. The van der Waals surface area contributed by atoms with Crippen LogP contribution in [0, 0.1) is 0 Å². The van der Waals surface area contributed by atoms with Crippen LogP contribution in [-0.2, 0) is 11.3 Å². The first-order chi connectivity index (χ1) is 6.84. The van der Waals surface area contributed by atoms with Gasteiger partial charge in [0.15, 0.2) is 5.15 Å². The fourth-order valence-corrected chi connectivity index (χ4v) is 1.50. The molecule has 1 atom stereocenters. The summed E-state index contributed by atoms with van der Waals surface area (Å²) in [5.41, 5.74) is 0.821. The van der Waals surface area contributed by atoms with Crippen molar-refractivity contribution in [2.24, 2.45) is 0 Å². The predicted octanol–water partition coefficient (Wildman–Crippen LogP) is 1.43. The third-order valence-corrected chi connectivity index (χ3v) is 2.37. The van der Waals surface area contributed by atoms with Gasteiger partial charge in [0, 0.05) is 6.54 Å². The van der Waals surface area contributed by atoms with Crippen LogP contribution in [0.1, 0.15) is 12.1 Å². The van der Waals surface area contributed by atoms with Crippen molar-refractivity contribution in [3.8, 4) is 0 Å². The Kier molecular flexibility index (Phi) is 5.25. The molecule has 0 aromatic carbocycles. The maximum Gasteiger partial charge on any atom is 0.151 e. The average molecular weight is 250 g/mol. The summed E-state index contributed by atoms with van der Waals surface area (Å²) in [4.78, 5) is 0. The molecular weight excluding hydrogens is 237 g/mol. The molecule has 84 valence electrons. The van der Waals surface area contributed by atoms with Crippen molar-refractivity contribution in [3.05, 3.63) is 23.0 Å². The van der Waals surface area contributed by atoms with Crippen LogP contribution in [0.25, 0.3) is 0 Å². The Morgan fingerprint density at radius 1 is 1.47 bits per heavy atom. The number of hydrogen-bond donors (Lipinski definition) is 1. The van der Waals surface area contributed by atoms with E-state index in [4.69, 9.17) is 16.3 Å². The van der Waals surface area contributed by atoms with E-state index in [0.717, 1.165) is 25.2 Å². The molecule has 6 heteroatoms. The minimum Gasteiger partial charge on any atom is -0.370 e. The summed E-state index contributed by atoms with van der Waals surface area (Å²) in [7, 11) is 0. The van der Waals surface area contributed by atoms with Crippen LogP contribution in [0.2, 0.25) is 5.15 Å². The summed E-state index contributed by atoms with van der Waals surface area (Å²) in [5, 5.41) is 11.3.